The maximum atomic E-state index is 13.8. The molecule has 0 bridgehead atoms. The van der Waals surface area contributed by atoms with E-state index in [0.29, 0.717) is 14.9 Å². The standard InChI is InChI=1S/C28H21BrN2O3S/c1-34-20-10-6-17(7-11-20)26-22-12-8-16-4-2-3-5-21(16)25(22)30-28-31(26)27(33)24(35-28)15-18-14-19(29)9-13-23(18)32/h2-7,9-11,13-15,26,32H,8,12H2,1H3. The third-order valence-corrected chi connectivity index (χ3v) is 8.06. The Morgan fingerprint density at radius 2 is 1.91 bits per heavy atom. The minimum Gasteiger partial charge on any atom is -0.507 e. The smallest absolute Gasteiger partial charge is 0.271 e. The number of allylic oxidation sites excluding steroid dienone is 1. The maximum Gasteiger partial charge on any atom is 0.271 e. The first-order chi connectivity index (χ1) is 17.0. The molecule has 2 aliphatic rings. The highest BCUT2D eigenvalue weighted by Gasteiger charge is 2.32. The Balaban J connectivity index is 1.62. The van der Waals surface area contributed by atoms with E-state index in [1.165, 1.54) is 16.9 Å². The molecule has 1 aromatic heterocycles. The molecule has 1 unspecified atom stereocenters. The van der Waals surface area contributed by atoms with Crippen LogP contribution in [0, 0.1) is 0 Å². The zero-order chi connectivity index (χ0) is 24.1. The summed E-state index contributed by atoms with van der Waals surface area (Å²) in [6, 6.07) is 21.2. The van der Waals surface area contributed by atoms with Crippen LogP contribution in [0.5, 0.6) is 11.5 Å². The van der Waals surface area contributed by atoms with E-state index in [-0.39, 0.29) is 17.4 Å². The zero-order valence-electron chi connectivity index (χ0n) is 18.9. The lowest BCUT2D eigenvalue weighted by Gasteiger charge is -2.30. The molecule has 0 saturated heterocycles. The molecule has 35 heavy (non-hydrogen) atoms. The van der Waals surface area contributed by atoms with Crippen LogP contribution >= 0.6 is 27.3 Å². The number of thiazole rings is 1. The van der Waals surface area contributed by atoms with Gasteiger partial charge < -0.3 is 9.84 Å². The second-order valence-corrected chi connectivity index (χ2v) is 10.5. The van der Waals surface area contributed by atoms with Crippen LogP contribution in [-0.4, -0.2) is 16.8 Å². The highest BCUT2D eigenvalue weighted by molar-refractivity contribution is 9.10. The summed E-state index contributed by atoms with van der Waals surface area (Å²) in [5.74, 6) is 0.897. The topological polar surface area (TPSA) is 63.8 Å². The Bertz CT molecular complexity index is 1680. The average molecular weight is 545 g/mol. The quantitative estimate of drug-likeness (QED) is 0.403. The Hall–Kier alpha value is -3.42. The second-order valence-electron chi connectivity index (χ2n) is 8.59. The van der Waals surface area contributed by atoms with Gasteiger partial charge in [-0.05, 0) is 65.9 Å². The van der Waals surface area contributed by atoms with Crippen molar-refractivity contribution in [3.8, 4) is 11.5 Å². The number of benzene rings is 3. The molecule has 0 fully saturated rings. The lowest BCUT2D eigenvalue weighted by molar-refractivity contribution is 0.414. The number of hydrogen-bond donors (Lipinski definition) is 1. The Labute approximate surface area is 214 Å². The number of aromatic hydroxyl groups is 1. The number of hydrogen-bond acceptors (Lipinski definition) is 5. The summed E-state index contributed by atoms with van der Waals surface area (Å²) in [7, 11) is 1.65. The minimum atomic E-state index is -0.251. The largest absolute Gasteiger partial charge is 0.507 e. The second kappa shape index (κ2) is 8.66. The summed E-state index contributed by atoms with van der Waals surface area (Å²) in [6.07, 6.45) is 3.49. The van der Waals surface area contributed by atoms with Crippen molar-refractivity contribution in [2.24, 2.45) is 4.99 Å². The zero-order valence-corrected chi connectivity index (χ0v) is 21.3. The van der Waals surface area contributed by atoms with Crippen LogP contribution in [0.15, 0.2) is 86.6 Å². The number of phenols is 1. The van der Waals surface area contributed by atoms with Crippen molar-refractivity contribution < 1.29 is 9.84 Å². The van der Waals surface area contributed by atoms with Gasteiger partial charge in [0.15, 0.2) is 4.80 Å². The number of rotatable bonds is 3. The van der Waals surface area contributed by atoms with Gasteiger partial charge in [0.05, 0.1) is 23.4 Å². The fraction of sp³-hybridized carbons (Fsp3) is 0.143. The first-order valence-electron chi connectivity index (χ1n) is 11.3. The van der Waals surface area contributed by atoms with Crippen molar-refractivity contribution >= 4 is 39.0 Å². The van der Waals surface area contributed by atoms with Crippen molar-refractivity contribution in [3.05, 3.63) is 119 Å². The number of methoxy groups -OCH3 is 1. The summed E-state index contributed by atoms with van der Waals surface area (Å²) >= 11 is 4.80. The number of phenolic OH excluding ortho intramolecular Hbond substituents is 1. The van der Waals surface area contributed by atoms with Crippen molar-refractivity contribution in [1.82, 2.24) is 4.57 Å². The third kappa shape index (κ3) is 3.75. The minimum absolute atomic E-state index is 0.112. The average Bonchev–Trinajstić information content (AvgIpc) is 3.19. The molecule has 174 valence electrons. The summed E-state index contributed by atoms with van der Waals surface area (Å²) in [5, 5.41) is 10.3. The summed E-state index contributed by atoms with van der Waals surface area (Å²) in [4.78, 5) is 19.5. The van der Waals surface area contributed by atoms with Crippen molar-refractivity contribution in [2.75, 3.05) is 7.11 Å². The normalized spacial score (nSPS) is 16.9. The molecule has 2 heterocycles. The van der Waals surface area contributed by atoms with E-state index in [9.17, 15) is 9.90 Å². The molecule has 7 heteroatoms. The molecule has 0 radical (unpaired) electrons. The monoisotopic (exact) mass is 544 g/mol. The Kier molecular flexibility index (Phi) is 5.46. The van der Waals surface area contributed by atoms with Crippen LogP contribution in [-0.2, 0) is 6.42 Å². The van der Waals surface area contributed by atoms with E-state index in [1.807, 2.05) is 30.3 Å². The van der Waals surface area contributed by atoms with Gasteiger partial charge in [-0.3, -0.25) is 9.36 Å². The molecule has 1 aliphatic carbocycles. The van der Waals surface area contributed by atoms with Crippen LogP contribution < -0.4 is 19.6 Å². The lowest BCUT2D eigenvalue weighted by Crippen LogP contribution is -2.38. The van der Waals surface area contributed by atoms with Gasteiger partial charge in [-0.1, -0.05) is 63.7 Å². The molecule has 3 aromatic carbocycles. The van der Waals surface area contributed by atoms with E-state index in [2.05, 4.69) is 34.1 Å². The van der Waals surface area contributed by atoms with Gasteiger partial charge in [-0.25, -0.2) is 4.99 Å². The fourth-order valence-corrected chi connectivity index (χ4v) is 6.26. The molecule has 1 N–H and O–H groups in total. The summed E-state index contributed by atoms with van der Waals surface area (Å²) < 4.78 is 8.53. The van der Waals surface area contributed by atoms with Crippen molar-refractivity contribution in [3.63, 3.8) is 0 Å². The van der Waals surface area contributed by atoms with Gasteiger partial charge in [0.2, 0.25) is 0 Å². The predicted molar refractivity (Wildman–Crippen MR) is 142 cm³/mol. The van der Waals surface area contributed by atoms with E-state index in [4.69, 9.17) is 9.73 Å². The third-order valence-electron chi connectivity index (χ3n) is 6.58. The van der Waals surface area contributed by atoms with Crippen LogP contribution in [0.25, 0.3) is 11.8 Å². The van der Waals surface area contributed by atoms with Gasteiger partial charge in [0, 0.05) is 15.6 Å². The van der Waals surface area contributed by atoms with Crippen LogP contribution in [0.3, 0.4) is 0 Å². The highest BCUT2D eigenvalue weighted by atomic mass is 79.9. The van der Waals surface area contributed by atoms with Gasteiger partial charge in [-0.15, -0.1) is 0 Å². The predicted octanol–water partition coefficient (Wildman–Crippen LogP) is 4.80. The molecule has 1 atom stereocenters. The van der Waals surface area contributed by atoms with Crippen LogP contribution in [0.4, 0.5) is 0 Å². The molecule has 4 aromatic rings. The number of aromatic nitrogens is 1. The van der Waals surface area contributed by atoms with Crippen LogP contribution in [0.1, 0.15) is 34.7 Å². The first kappa shape index (κ1) is 22.1. The number of halogens is 1. The van der Waals surface area contributed by atoms with Crippen molar-refractivity contribution in [2.45, 2.75) is 18.9 Å². The van der Waals surface area contributed by atoms with Gasteiger partial charge in [0.25, 0.3) is 5.56 Å². The van der Waals surface area contributed by atoms with E-state index in [0.717, 1.165) is 45.5 Å². The van der Waals surface area contributed by atoms with E-state index in [1.54, 1.807) is 36.0 Å². The molecule has 0 spiro atoms. The number of ether oxygens (including phenoxy) is 1. The molecule has 6 rings (SSSR count). The first-order valence-corrected chi connectivity index (χ1v) is 12.9. The van der Waals surface area contributed by atoms with Gasteiger partial charge >= 0.3 is 0 Å². The van der Waals surface area contributed by atoms with Crippen molar-refractivity contribution in [1.29, 1.82) is 0 Å². The lowest BCUT2D eigenvalue weighted by atomic mass is 9.83. The van der Waals surface area contributed by atoms with Gasteiger partial charge in [0.1, 0.15) is 11.5 Å². The number of fused-ring (bicyclic) bond motifs is 3. The molecule has 5 nitrogen and oxygen atoms in total. The summed E-state index contributed by atoms with van der Waals surface area (Å²) in [6.45, 7) is 0. The van der Waals surface area contributed by atoms with Crippen LogP contribution in [0.2, 0.25) is 0 Å². The van der Waals surface area contributed by atoms with E-state index >= 15 is 0 Å². The molecule has 0 saturated carbocycles. The fourth-order valence-electron chi connectivity index (χ4n) is 4.89. The Morgan fingerprint density at radius 1 is 1.11 bits per heavy atom. The molecule has 1 aliphatic heterocycles. The molecule has 0 amide bonds. The maximum absolute atomic E-state index is 13.8. The molecular formula is C28H21BrN2O3S. The number of nitrogens with zero attached hydrogens (tertiary/aromatic N) is 2. The SMILES string of the molecule is COc1ccc(C2C3=C(N=c4sc(=Cc5cc(Br)ccc5O)c(=O)n42)c2ccccc2CC3)cc1. The highest BCUT2D eigenvalue weighted by Crippen LogP contribution is 2.41. The van der Waals surface area contributed by atoms with Gasteiger partial charge in [-0.2, -0.15) is 0 Å². The molecular weight excluding hydrogens is 524 g/mol. The summed E-state index contributed by atoms with van der Waals surface area (Å²) in [5.41, 5.74) is 6.02. The Morgan fingerprint density at radius 3 is 2.71 bits per heavy atom. The number of aryl methyl sites for hydroxylation is 1. The van der Waals surface area contributed by atoms with E-state index < -0.39 is 0 Å².